The van der Waals surface area contributed by atoms with E-state index in [1.54, 1.807) is 0 Å². The summed E-state index contributed by atoms with van der Waals surface area (Å²) in [7, 11) is 1.91. The summed E-state index contributed by atoms with van der Waals surface area (Å²) in [6.45, 7) is 0. The number of aromatic nitrogens is 1. The molecule has 0 saturated carbocycles. The summed E-state index contributed by atoms with van der Waals surface area (Å²) >= 11 is 11.0. The highest BCUT2D eigenvalue weighted by atomic mass is 35.5. The van der Waals surface area contributed by atoms with Crippen molar-refractivity contribution < 1.29 is 4.42 Å². The average molecular weight is 290 g/mol. The van der Waals surface area contributed by atoms with E-state index in [0.29, 0.717) is 4.84 Å². The number of oxazole rings is 1. The quantitative estimate of drug-likeness (QED) is 0.634. The second kappa shape index (κ2) is 4.83. The van der Waals surface area contributed by atoms with Crippen LogP contribution >= 0.6 is 23.8 Å². The van der Waals surface area contributed by atoms with Crippen molar-refractivity contribution in [3.8, 4) is 0 Å². The van der Waals surface area contributed by atoms with Gasteiger partial charge < -0.3 is 8.98 Å². The summed E-state index contributed by atoms with van der Waals surface area (Å²) in [4.78, 5) is 0.499. The van der Waals surface area contributed by atoms with Gasteiger partial charge in [0, 0.05) is 12.1 Å². The van der Waals surface area contributed by atoms with Crippen LogP contribution in [0.15, 0.2) is 46.9 Å². The number of hydrogen-bond acceptors (Lipinski definition) is 2. The molecule has 0 atom stereocenters. The highest BCUT2D eigenvalue weighted by molar-refractivity contribution is 7.71. The molecule has 3 aromatic rings. The summed E-state index contributed by atoms with van der Waals surface area (Å²) in [5.41, 5.74) is 4.27. The zero-order valence-electron chi connectivity index (χ0n) is 10.4. The van der Waals surface area contributed by atoms with Gasteiger partial charge in [-0.2, -0.15) is 0 Å². The van der Waals surface area contributed by atoms with E-state index in [2.05, 4.69) is 6.07 Å². The van der Waals surface area contributed by atoms with E-state index in [-0.39, 0.29) is 0 Å². The zero-order chi connectivity index (χ0) is 13.4. The van der Waals surface area contributed by atoms with Crippen LogP contribution < -0.4 is 0 Å². The molecule has 4 heteroatoms. The molecular weight excluding hydrogens is 278 g/mol. The van der Waals surface area contributed by atoms with Crippen LogP contribution in [0.4, 0.5) is 0 Å². The SMILES string of the molecule is Cn1c(=S)oc2cc(Cc3ccc(Cl)cc3)ccc21. The molecule has 0 amide bonds. The molecule has 0 aliphatic rings. The number of hydrogen-bond donors (Lipinski definition) is 0. The van der Waals surface area contributed by atoms with E-state index in [0.717, 1.165) is 22.5 Å². The van der Waals surface area contributed by atoms with Gasteiger partial charge in [0.1, 0.15) is 0 Å². The first-order chi connectivity index (χ1) is 9.13. The molecule has 0 saturated heterocycles. The Kier molecular flexibility index (Phi) is 3.17. The van der Waals surface area contributed by atoms with Gasteiger partial charge in [0.05, 0.1) is 5.52 Å². The standard InChI is InChI=1S/C15H12ClNOS/c1-17-13-7-4-11(9-14(13)18-15(17)19)8-10-2-5-12(16)6-3-10/h2-7,9H,8H2,1H3. The molecule has 0 unspecified atom stereocenters. The molecule has 0 aliphatic heterocycles. The number of fused-ring (bicyclic) bond motifs is 1. The van der Waals surface area contributed by atoms with Crippen molar-refractivity contribution in [2.75, 3.05) is 0 Å². The van der Waals surface area contributed by atoms with Crippen LogP contribution in [0.2, 0.25) is 5.02 Å². The third-order valence-electron chi connectivity index (χ3n) is 3.18. The molecule has 0 aliphatic carbocycles. The maximum Gasteiger partial charge on any atom is 0.269 e. The van der Waals surface area contributed by atoms with Gasteiger partial charge >= 0.3 is 0 Å². The van der Waals surface area contributed by atoms with E-state index in [9.17, 15) is 0 Å². The van der Waals surface area contributed by atoms with Gasteiger partial charge in [-0.1, -0.05) is 29.8 Å². The van der Waals surface area contributed by atoms with Crippen molar-refractivity contribution in [1.29, 1.82) is 0 Å². The lowest BCUT2D eigenvalue weighted by Crippen LogP contribution is -1.89. The predicted molar refractivity (Wildman–Crippen MR) is 80.3 cm³/mol. The van der Waals surface area contributed by atoms with Crippen LogP contribution in [0.1, 0.15) is 11.1 Å². The van der Waals surface area contributed by atoms with Gasteiger partial charge in [-0.25, -0.2) is 0 Å². The Labute approximate surface area is 121 Å². The molecule has 0 radical (unpaired) electrons. The first-order valence-electron chi connectivity index (χ1n) is 5.96. The number of nitrogens with zero attached hydrogens (tertiary/aromatic N) is 1. The van der Waals surface area contributed by atoms with Gasteiger partial charge in [0.15, 0.2) is 5.58 Å². The van der Waals surface area contributed by atoms with Crippen LogP contribution in [0.5, 0.6) is 0 Å². The summed E-state index contributed by atoms with van der Waals surface area (Å²) in [6.07, 6.45) is 0.851. The van der Waals surface area contributed by atoms with Crippen LogP contribution in [-0.2, 0) is 13.5 Å². The Hall–Kier alpha value is -1.58. The van der Waals surface area contributed by atoms with Crippen molar-refractivity contribution in [3.63, 3.8) is 0 Å². The summed E-state index contributed by atoms with van der Waals surface area (Å²) in [5.74, 6) is 0. The number of benzene rings is 2. The highest BCUT2D eigenvalue weighted by Crippen LogP contribution is 2.20. The van der Waals surface area contributed by atoms with Gasteiger partial charge in [0.25, 0.3) is 4.84 Å². The Morgan fingerprint density at radius 1 is 1.11 bits per heavy atom. The van der Waals surface area contributed by atoms with E-state index in [1.807, 2.05) is 48.0 Å². The lowest BCUT2D eigenvalue weighted by atomic mass is 10.0. The molecule has 0 fully saturated rings. The third kappa shape index (κ3) is 2.44. The number of rotatable bonds is 2. The average Bonchev–Trinajstić information content (AvgIpc) is 2.68. The molecule has 0 spiro atoms. The van der Waals surface area contributed by atoms with Gasteiger partial charge in [-0.3, -0.25) is 0 Å². The monoisotopic (exact) mass is 289 g/mol. The summed E-state index contributed by atoms with van der Waals surface area (Å²) in [5, 5.41) is 0.757. The number of halogens is 1. The van der Waals surface area contributed by atoms with Gasteiger partial charge in [-0.15, -0.1) is 0 Å². The maximum atomic E-state index is 5.88. The molecule has 0 N–H and O–H groups in total. The van der Waals surface area contributed by atoms with Crippen LogP contribution in [0.25, 0.3) is 11.1 Å². The van der Waals surface area contributed by atoms with Crippen molar-refractivity contribution in [2.24, 2.45) is 7.05 Å². The fourth-order valence-electron chi connectivity index (χ4n) is 2.13. The molecule has 2 aromatic carbocycles. The van der Waals surface area contributed by atoms with Crippen LogP contribution in [0, 0.1) is 4.84 Å². The second-order valence-corrected chi connectivity index (χ2v) is 5.32. The minimum atomic E-state index is 0.499. The fraction of sp³-hybridized carbons (Fsp3) is 0.133. The minimum absolute atomic E-state index is 0.499. The lowest BCUT2D eigenvalue weighted by Gasteiger charge is -2.02. The van der Waals surface area contributed by atoms with E-state index in [1.165, 1.54) is 11.1 Å². The van der Waals surface area contributed by atoms with Crippen molar-refractivity contribution >= 4 is 34.9 Å². The smallest absolute Gasteiger partial charge is 0.269 e. The molecule has 96 valence electrons. The molecule has 1 aromatic heterocycles. The molecule has 19 heavy (non-hydrogen) atoms. The van der Waals surface area contributed by atoms with Crippen LogP contribution in [-0.4, -0.2) is 4.57 Å². The second-order valence-electron chi connectivity index (χ2n) is 4.53. The third-order valence-corrected chi connectivity index (χ3v) is 3.79. The maximum absolute atomic E-state index is 5.88. The number of aryl methyl sites for hydroxylation is 1. The Balaban J connectivity index is 1.97. The van der Waals surface area contributed by atoms with E-state index in [4.69, 9.17) is 28.2 Å². The summed E-state index contributed by atoms with van der Waals surface area (Å²) < 4.78 is 7.42. The first kappa shape index (κ1) is 12.5. The van der Waals surface area contributed by atoms with Crippen molar-refractivity contribution in [2.45, 2.75) is 6.42 Å². The summed E-state index contributed by atoms with van der Waals surface area (Å²) in [6, 6.07) is 14.1. The molecular formula is C15H12ClNOS. The molecule has 2 nitrogen and oxygen atoms in total. The van der Waals surface area contributed by atoms with Gasteiger partial charge in [-0.05, 0) is 54.0 Å². The Bertz CT molecular complexity index is 786. The van der Waals surface area contributed by atoms with Crippen LogP contribution in [0.3, 0.4) is 0 Å². The van der Waals surface area contributed by atoms with Crippen molar-refractivity contribution in [1.82, 2.24) is 4.57 Å². The molecule has 0 bridgehead atoms. The van der Waals surface area contributed by atoms with E-state index < -0.39 is 0 Å². The molecule has 1 heterocycles. The highest BCUT2D eigenvalue weighted by Gasteiger charge is 2.05. The minimum Gasteiger partial charge on any atom is -0.429 e. The predicted octanol–water partition coefficient (Wildman–Crippen LogP) is 4.74. The fourth-order valence-corrected chi connectivity index (χ4v) is 2.44. The Morgan fingerprint density at radius 2 is 1.79 bits per heavy atom. The lowest BCUT2D eigenvalue weighted by molar-refractivity contribution is 0.558. The topological polar surface area (TPSA) is 18.1 Å². The normalized spacial score (nSPS) is 11.1. The molecule has 3 rings (SSSR count). The largest absolute Gasteiger partial charge is 0.429 e. The Morgan fingerprint density at radius 3 is 2.53 bits per heavy atom. The zero-order valence-corrected chi connectivity index (χ0v) is 12.0. The van der Waals surface area contributed by atoms with E-state index >= 15 is 0 Å². The van der Waals surface area contributed by atoms with Gasteiger partial charge in [0.2, 0.25) is 0 Å². The first-order valence-corrected chi connectivity index (χ1v) is 6.75. The van der Waals surface area contributed by atoms with Crippen molar-refractivity contribution in [3.05, 3.63) is 63.5 Å².